The van der Waals surface area contributed by atoms with Crippen LogP contribution in [-0.2, 0) is 0 Å². The van der Waals surface area contributed by atoms with E-state index in [4.69, 9.17) is 15.3 Å². The van der Waals surface area contributed by atoms with E-state index in [1.54, 1.807) is 0 Å². The Kier molecular flexibility index (Phi) is 22.0. The number of hydrogen-bond acceptors (Lipinski definition) is 3. The molecule has 0 aliphatic rings. The van der Waals surface area contributed by atoms with Crippen molar-refractivity contribution in [1.29, 1.82) is 0 Å². The van der Waals surface area contributed by atoms with Crippen molar-refractivity contribution in [2.75, 3.05) is 0 Å². The molecule has 0 fully saturated rings. The maximum absolute atomic E-state index is 8.80. The van der Waals surface area contributed by atoms with Crippen LogP contribution < -0.4 is 0 Å². The lowest BCUT2D eigenvalue weighted by Gasteiger charge is -2.12. The first-order valence-electron chi connectivity index (χ1n) is 12.9. The molecular weight excluding hydrogens is 360 g/mol. The first-order chi connectivity index (χ1) is 14.1. The molecule has 0 heterocycles. The summed E-state index contributed by atoms with van der Waals surface area (Å²) in [5, 5.41) is 26.4. The molecule has 0 aromatic carbocycles. The van der Waals surface area contributed by atoms with Crippen molar-refractivity contribution in [2.24, 2.45) is 0 Å². The molecule has 0 unspecified atom stereocenters. The quantitative estimate of drug-likeness (QED) is 0.0912. The van der Waals surface area contributed by atoms with Gasteiger partial charge in [0, 0.05) is 6.42 Å². The fourth-order valence-electron chi connectivity index (χ4n) is 3.85. The highest BCUT2D eigenvalue weighted by atomic mass is 16.7. The minimum Gasteiger partial charge on any atom is -0.344 e. The predicted octanol–water partition coefficient (Wildman–Crippen LogP) is 7.78. The van der Waals surface area contributed by atoms with Crippen LogP contribution in [0.5, 0.6) is 0 Å². The van der Waals surface area contributed by atoms with Crippen molar-refractivity contribution < 1.29 is 15.3 Å². The third-order valence-electron chi connectivity index (χ3n) is 5.77. The Hall–Kier alpha value is -0.380. The van der Waals surface area contributed by atoms with Gasteiger partial charge in [0.1, 0.15) is 0 Å². The molecule has 0 bridgehead atoms. The third-order valence-corrected chi connectivity index (χ3v) is 5.77. The molecular formula is C26H52O3. The van der Waals surface area contributed by atoms with Gasteiger partial charge < -0.3 is 15.3 Å². The van der Waals surface area contributed by atoms with Crippen molar-refractivity contribution >= 4 is 0 Å². The zero-order valence-corrected chi connectivity index (χ0v) is 19.6. The second kappa shape index (κ2) is 22.3. The van der Waals surface area contributed by atoms with E-state index in [9.17, 15) is 0 Å². The average Bonchev–Trinajstić information content (AvgIpc) is 2.67. The Bertz CT molecular complexity index is 333. The molecule has 0 amide bonds. The third kappa shape index (κ3) is 27.6. The number of unbranched alkanes of at least 4 members (excludes halogenated alkanes) is 19. The molecule has 0 aliphatic carbocycles. The molecule has 0 saturated heterocycles. The summed E-state index contributed by atoms with van der Waals surface area (Å²) in [4.78, 5) is 0. The number of hydrogen-bond donors (Lipinski definition) is 3. The zero-order valence-electron chi connectivity index (χ0n) is 19.6. The summed E-state index contributed by atoms with van der Waals surface area (Å²) < 4.78 is 0. The molecule has 0 aliphatic heterocycles. The number of aliphatic hydroxyl groups is 3. The molecule has 0 rings (SSSR count). The van der Waals surface area contributed by atoms with E-state index in [1.165, 1.54) is 116 Å². The summed E-state index contributed by atoms with van der Waals surface area (Å²) in [5.74, 6) is -2.47. The normalized spacial score (nSPS) is 12.3. The van der Waals surface area contributed by atoms with Crippen molar-refractivity contribution in [3.05, 3.63) is 12.2 Å². The Labute approximate surface area is 182 Å². The van der Waals surface area contributed by atoms with Gasteiger partial charge in [-0.1, -0.05) is 122 Å². The molecule has 0 aromatic rings. The minimum absolute atomic E-state index is 0.0580. The molecule has 29 heavy (non-hydrogen) atoms. The Morgan fingerprint density at radius 1 is 0.448 bits per heavy atom. The van der Waals surface area contributed by atoms with Gasteiger partial charge in [0.2, 0.25) is 0 Å². The van der Waals surface area contributed by atoms with Crippen LogP contribution in [0.15, 0.2) is 12.2 Å². The van der Waals surface area contributed by atoms with Gasteiger partial charge in [-0.2, -0.15) is 0 Å². The highest BCUT2D eigenvalue weighted by Crippen LogP contribution is 2.15. The van der Waals surface area contributed by atoms with Gasteiger partial charge in [-0.3, -0.25) is 0 Å². The molecule has 0 radical (unpaired) electrons. The first-order valence-corrected chi connectivity index (χ1v) is 12.9. The predicted molar refractivity (Wildman–Crippen MR) is 126 cm³/mol. The summed E-state index contributed by atoms with van der Waals surface area (Å²) in [6.45, 7) is 2.28. The fourth-order valence-corrected chi connectivity index (χ4v) is 3.85. The van der Waals surface area contributed by atoms with Crippen LogP contribution in [0.3, 0.4) is 0 Å². The molecule has 0 aromatic heterocycles. The molecule has 0 spiro atoms. The van der Waals surface area contributed by atoms with Gasteiger partial charge in [-0.25, -0.2) is 0 Å². The molecule has 3 nitrogen and oxygen atoms in total. The van der Waals surface area contributed by atoms with Crippen LogP contribution >= 0.6 is 0 Å². The summed E-state index contributed by atoms with van der Waals surface area (Å²) >= 11 is 0. The highest BCUT2D eigenvalue weighted by Gasteiger charge is 2.16. The summed E-state index contributed by atoms with van der Waals surface area (Å²) in [6, 6.07) is 0. The van der Waals surface area contributed by atoms with E-state index >= 15 is 0 Å². The van der Waals surface area contributed by atoms with Gasteiger partial charge in [0.05, 0.1) is 0 Å². The van der Waals surface area contributed by atoms with Crippen molar-refractivity contribution in [3.8, 4) is 0 Å². The standard InChI is InChI=1S/C26H52O3/c1-2-3-4-5-6-7-8-9-10-11-12-13-14-15-16-17-18-19-20-21-22-23-24-25-26(27,28)29/h9-10,27-29H,2-8,11-25H2,1H3/b10-9-. The lowest BCUT2D eigenvalue weighted by Crippen LogP contribution is -2.26. The van der Waals surface area contributed by atoms with E-state index < -0.39 is 5.97 Å². The van der Waals surface area contributed by atoms with Crippen LogP contribution in [-0.4, -0.2) is 21.3 Å². The maximum atomic E-state index is 8.80. The molecule has 0 atom stereocenters. The lowest BCUT2D eigenvalue weighted by molar-refractivity contribution is -0.315. The monoisotopic (exact) mass is 412 g/mol. The molecule has 0 saturated carbocycles. The van der Waals surface area contributed by atoms with Crippen molar-refractivity contribution in [1.82, 2.24) is 0 Å². The Morgan fingerprint density at radius 2 is 0.759 bits per heavy atom. The molecule has 174 valence electrons. The van der Waals surface area contributed by atoms with E-state index in [0.717, 1.165) is 12.8 Å². The van der Waals surface area contributed by atoms with Crippen molar-refractivity contribution in [2.45, 2.75) is 154 Å². The van der Waals surface area contributed by atoms with Crippen LogP contribution in [0.25, 0.3) is 0 Å². The van der Waals surface area contributed by atoms with Crippen LogP contribution in [0.4, 0.5) is 0 Å². The average molecular weight is 413 g/mol. The summed E-state index contributed by atoms with van der Waals surface area (Å²) in [7, 11) is 0. The Morgan fingerprint density at radius 3 is 1.10 bits per heavy atom. The van der Waals surface area contributed by atoms with Crippen LogP contribution in [0.1, 0.15) is 148 Å². The lowest BCUT2D eigenvalue weighted by atomic mass is 10.0. The summed E-state index contributed by atoms with van der Waals surface area (Å²) in [6.07, 6.45) is 32.0. The van der Waals surface area contributed by atoms with Gasteiger partial charge >= 0.3 is 0 Å². The largest absolute Gasteiger partial charge is 0.344 e. The van der Waals surface area contributed by atoms with Crippen molar-refractivity contribution in [3.63, 3.8) is 0 Å². The van der Waals surface area contributed by atoms with Gasteiger partial charge in [0.25, 0.3) is 5.97 Å². The second-order valence-corrected chi connectivity index (χ2v) is 8.94. The minimum atomic E-state index is -2.47. The zero-order chi connectivity index (χ0) is 21.5. The number of allylic oxidation sites excluding steroid dienone is 2. The highest BCUT2D eigenvalue weighted by molar-refractivity contribution is 4.81. The smallest absolute Gasteiger partial charge is 0.275 e. The van der Waals surface area contributed by atoms with E-state index in [2.05, 4.69) is 19.1 Å². The van der Waals surface area contributed by atoms with Gasteiger partial charge in [-0.15, -0.1) is 0 Å². The number of rotatable bonds is 23. The maximum Gasteiger partial charge on any atom is 0.275 e. The SMILES string of the molecule is CCCCCCCC/C=C\CCCCCCCCCCCCCCCC(O)(O)O. The Balaban J connectivity index is 3.09. The fraction of sp³-hybridized carbons (Fsp3) is 0.923. The van der Waals surface area contributed by atoms with E-state index in [1.807, 2.05) is 0 Å². The van der Waals surface area contributed by atoms with Gasteiger partial charge in [0.15, 0.2) is 0 Å². The van der Waals surface area contributed by atoms with E-state index in [0.29, 0.717) is 6.42 Å². The second-order valence-electron chi connectivity index (χ2n) is 8.94. The van der Waals surface area contributed by atoms with Crippen LogP contribution in [0, 0.1) is 0 Å². The van der Waals surface area contributed by atoms with Gasteiger partial charge in [-0.05, 0) is 32.1 Å². The molecule has 3 heteroatoms. The first kappa shape index (κ1) is 28.6. The topological polar surface area (TPSA) is 60.7 Å². The summed E-state index contributed by atoms with van der Waals surface area (Å²) in [5.41, 5.74) is 0. The molecule has 3 N–H and O–H groups in total. The van der Waals surface area contributed by atoms with E-state index in [-0.39, 0.29) is 6.42 Å². The van der Waals surface area contributed by atoms with Crippen LogP contribution in [0.2, 0.25) is 0 Å².